The Hall–Kier alpha value is -1.55. The minimum atomic E-state index is -0.0964. The minimum Gasteiger partial charge on any atom is -0.335 e. The smallest absolute Gasteiger partial charge is 0.319 e. The highest BCUT2D eigenvalue weighted by molar-refractivity contribution is 5.89. The summed E-state index contributed by atoms with van der Waals surface area (Å²) in [5, 5.41) is 9.36. The molecule has 1 fully saturated rings. The van der Waals surface area contributed by atoms with Crippen molar-refractivity contribution >= 4 is 11.7 Å². The quantitative estimate of drug-likeness (QED) is 0.717. The number of carbonyl (C=O) groups excluding carboxylic acids is 1. The number of urea groups is 1. The third kappa shape index (κ3) is 4.74. The van der Waals surface area contributed by atoms with Crippen molar-refractivity contribution < 1.29 is 4.79 Å². The maximum absolute atomic E-state index is 11.8. The number of benzene rings is 1. The second-order valence-corrected chi connectivity index (χ2v) is 5.91. The van der Waals surface area contributed by atoms with Crippen LogP contribution in [-0.4, -0.2) is 18.6 Å². The highest BCUT2D eigenvalue weighted by atomic mass is 16.2. The van der Waals surface area contributed by atoms with E-state index in [-0.39, 0.29) is 6.03 Å². The Bertz CT molecular complexity index is 458. The van der Waals surface area contributed by atoms with Crippen molar-refractivity contribution in [2.45, 2.75) is 52.1 Å². The average molecular weight is 289 g/mol. The fourth-order valence-electron chi connectivity index (χ4n) is 2.54. The van der Waals surface area contributed by atoms with Crippen LogP contribution in [0, 0.1) is 5.92 Å². The first-order valence-corrected chi connectivity index (χ1v) is 8.04. The van der Waals surface area contributed by atoms with E-state index in [9.17, 15) is 4.79 Å². The lowest BCUT2D eigenvalue weighted by atomic mass is 10.1. The molecular formula is C17H27N3O. The van der Waals surface area contributed by atoms with Gasteiger partial charge in [0.2, 0.25) is 0 Å². The molecule has 1 aromatic rings. The number of rotatable bonds is 7. The third-order valence-corrected chi connectivity index (χ3v) is 4.13. The third-order valence-electron chi connectivity index (χ3n) is 4.13. The molecule has 3 N–H and O–H groups in total. The molecular weight excluding hydrogens is 262 g/mol. The number of carbonyl (C=O) groups is 1. The molecule has 0 heterocycles. The summed E-state index contributed by atoms with van der Waals surface area (Å²) in [4.78, 5) is 11.8. The largest absolute Gasteiger partial charge is 0.335 e. The van der Waals surface area contributed by atoms with E-state index in [0.29, 0.717) is 18.0 Å². The molecule has 4 heteroatoms. The second kappa shape index (κ2) is 7.46. The summed E-state index contributed by atoms with van der Waals surface area (Å²) in [5.74, 6) is 0.670. The van der Waals surface area contributed by atoms with E-state index in [2.05, 4.69) is 48.9 Å². The SMILES string of the molecule is CCCNC(C)c1ccc(NC(=O)NC2CC2CC)cc1. The Morgan fingerprint density at radius 1 is 1.29 bits per heavy atom. The molecule has 1 aromatic carbocycles. The summed E-state index contributed by atoms with van der Waals surface area (Å²) in [6, 6.07) is 8.66. The molecule has 1 saturated carbocycles. The molecule has 0 spiro atoms. The van der Waals surface area contributed by atoms with Crippen molar-refractivity contribution in [2.75, 3.05) is 11.9 Å². The zero-order valence-corrected chi connectivity index (χ0v) is 13.3. The van der Waals surface area contributed by atoms with Crippen molar-refractivity contribution in [1.29, 1.82) is 0 Å². The number of anilines is 1. The molecule has 1 aliphatic rings. The van der Waals surface area contributed by atoms with E-state index in [1.807, 2.05) is 12.1 Å². The van der Waals surface area contributed by atoms with Crippen molar-refractivity contribution in [2.24, 2.45) is 5.92 Å². The van der Waals surface area contributed by atoms with Gasteiger partial charge >= 0.3 is 6.03 Å². The normalized spacial score (nSPS) is 21.7. The van der Waals surface area contributed by atoms with Crippen LogP contribution in [0.15, 0.2) is 24.3 Å². The first-order chi connectivity index (χ1) is 10.1. The Labute approximate surface area is 127 Å². The van der Waals surface area contributed by atoms with Gasteiger partial charge < -0.3 is 16.0 Å². The molecule has 116 valence electrons. The predicted molar refractivity (Wildman–Crippen MR) is 87.5 cm³/mol. The van der Waals surface area contributed by atoms with E-state index in [1.54, 1.807) is 0 Å². The van der Waals surface area contributed by atoms with Gasteiger partial charge in [-0.15, -0.1) is 0 Å². The van der Waals surface area contributed by atoms with Gasteiger partial charge in [-0.1, -0.05) is 32.4 Å². The topological polar surface area (TPSA) is 53.2 Å². The number of hydrogen-bond donors (Lipinski definition) is 3. The maximum Gasteiger partial charge on any atom is 0.319 e. The Balaban J connectivity index is 1.80. The molecule has 0 aliphatic heterocycles. The highest BCUT2D eigenvalue weighted by Crippen LogP contribution is 2.33. The van der Waals surface area contributed by atoms with Gasteiger partial charge in [0.25, 0.3) is 0 Å². The van der Waals surface area contributed by atoms with E-state index in [0.717, 1.165) is 31.5 Å². The number of nitrogens with one attached hydrogen (secondary N) is 3. The summed E-state index contributed by atoms with van der Waals surface area (Å²) in [6.07, 6.45) is 3.38. The van der Waals surface area contributed by atoms with Gasteiger partial charge in [-0.05, 0) is 49.9 Å². The molecule has 0 radical (unpaired) electrons. The van der Waals surface area contributed by atoms with Gasteiger partial charge in [-0.25, -0.2) is 4.79 Å². The molecule has 0 saturated heterocycles. The van der Waals surface area contributed by atoms with Crippen LogP contribution in [0.1, 0.15) is 51.6 Å². The summed E-state index contributed by atoms with van der Waals surface area (Å²) in [7, 11) is 0. The van der Waals surface area contributed by atoms with Crippen molar-refractivity contribution in [3.63, 3.8) is 0 Å². The van der Waals surface area contributed by atoms with Gasteiger partial charge in [0, 0.05) is 17.8 Å². The van der Waals surface area contributed by atoms with Crippen molar-refractivity contribution in [1.82, 2.24) is 10.6 Å². The molecule has 0 bridgehead atoms. The van der Waals surface area contributed by atoms with E-state index >= 15 is 0 Å². The van der Waals surface area contributed by atoms with Gasteiger partial charge in [0.05, 0.1) is 0 Å². The van der Waals surface area contributed by atoms with Gasteiger partial charge in [-0.2, -0.15) is 0 Å². The van der Waals surface area contributed by atoms with E-state index in [1.165, 1.54) is 5.56 Å². The molecule has 3 unspecified atom stereocenters. The lowest BCUT2D eigenvalue weighted by molar-refractivity contribution is 0.251. The fourth-order valence-corrected chi connectivity index (χ4v) is 2.54. The van der Waals surface area contributed by atoms with Crippen LogP contribution in [0.2, 0.25) is 0 Å². The Morgan fingerprint density at radius 3 is 2.57 bits per heavy atom. The van der Waals surface area contributed by atoms with Crippen molar-refractivity contribution in [3.05, 3.63) is 29.8 Å². The van der Waals surface area contributed by atoms with E-state index in [4.69, 9.17) is 0 Å². The zero-order chi connectivity index (χ0) is 15.2. The van der Waals surface area contributed by atoms with Crippen LogP contribution < -0.4 is 16.0 Å². The molecule has 21 heavy (non-hydrogen) atoms. The highest BCUT2D eigenvalue weighted by Gasteiger charge is 2.36. The van der Waals surface area contributed by atoms with E-state index < -0.39 is 0 Å². The summed E-state index contributed by atoms with van der Waals surface area (Å²) >= 11 is 0. The second-order valence-electron chi connectivity index (χ2n) is 5.91. The molecule has 4 nitrogen and oxygen atoms in total. The fraction of sp³-hybridized carbons (Fsp3) is 0.588. The monoisotopic (exact) mass is 289 g/mol. The molecule has 3 atom stereocenters. The van der Waals surface area contributed by atoms with Crippen LogP contribution in [-0.2, 0) is 0 Å². The first-order valence-electron chi connectivity index (χ1n) is 8.04. The minimum absolute atomic E-state index is 0.0964. The predicted octanol–water partition coefficient (Wildman–Crippen LogP) is 3.67. The van der Waals surface area contributed by atoms with Gasteiger partial charge in [0.1, 0.15) is 0 Å². The first kappa shape index (κ1) is 15.8. The summed E-state index contributed by atoms with van der Waals surface area (Å²) < 4.78 is 0. The van der Waals surface area contributed by atoms with Gasteiger partial charge in [-0.3, -0.25) is 0 Å². The standard InChI is InChI=1S/C17H27N3O/c1-4-10-18-12(3)14-6-8-15(9-7-14)19-17(21)20-16-11-13(16)5-2/h6-9,12-13,16,18H,4-5,10-11H2,1-3H3,(H2,19,20,21). The van der Waals surface area contributed by atoms with Crippen LogP contribution >= 0.6 is 0 Å². The molecule has 1 aliphatic carbocycles. The Kier molecular flexibility index (Phi) is 5.62. The van der Waals surface area contributed by atoms with Crippen molar-refractivity contribution in [3.8, 4) is 0 Å². The number of hydrogen-bond acceptors (Lipinski definition) is 2. The lowest BCUT2D eigenvalue weighted by Gasteiger charge is -2.14. The number of amides is 2. The average Bonchev–Trinajstić information content (AvgIpc) is 3.23. The van der Waals surface area contributed by atoms with Crippen LogP contribution in [0.4, 0.5) is 10.5 Å². The van der Waals surface area contributed by atoms with Gasteiger partial charge in [0.15, 0.2) is 0 Å². The van der Waals surface area contributed by atoms with Crippen LogP contribution in [0.5, 0.6) is 0 Å². The molecule has 2 amide bonds. The molecule has 2 rings (SSSR count). The molecule has 0 aromatic heterocycles. The zero-order valence-electron chi connectivity index (χ0n) is 13.3. The Morgan fingerprint density at radius 2 is 2.00 bits per heavy atom. The van der Waals surface area contributed by atoms with Crippen LogP contribution in [0.25, 0.3) is 0 Å². The summed E-state index contributed by atoms with van der Waals surface area (Å²) in [6.45, 7) is 7.50. The summed E-state index contributed by atoms with van der Waals surface area (Å²) in [5.41, 5.74) is 2.08. The van der Waals surface area contributed by atoms with Crippen LogP contribution in [0.3, 0.4) is 0 Å². The maximum atomic E-state index is 11.8. The lowest BCUT2D eigenvalue weighted by Crippen LogP contribution is -2.31.